The van der Waals surface area contributed by atoms with Gasteiger partial charge in [-0.25, -0.2) is 13.4 Å². The van der Waals surface area contributed by atoms with E-state index in [2.05, 4.69) is 15.0 Å². The third-order valence-corrected chi connectivity index (χ3v) is 9.95. The fourth-order valence-corrected chi connectivity index (χ4v) is 6.55. The van der Waals surface area contributed by atoms with Gasteiger partial charge in [0.2, 0.25) is 0 Å². The number of halogens is 6. The Morgan fingerprint density at radius 1 is 1.09 bits per heavy atom. The van der Waals surface area contributed by atoms with Crippen molar-refractivity contribution in [2.45, 2.75) is 43.0 Å². The summed E-state index contributed by atoms with van der Waals surface area (Å²) < 4.78 is 106. The summed E-state index contributed by atoms with van der Waals surface area (Å²) in [4.78, 5) is 20.9. The molecule has 2 heterocycles. The highest BCUT2D eigenvalue weighted by Gasteiger charge is 2.36. The second kappa shape index (κ2) is 14.0. The van der Waals surface area contributed by atoms with Gasteiger partial charge in [-0.3, -0.25) is 14.4 Å². The number of rotatable bonds is 11. The van der Waals surface area contributed by atoms with Gasteiger partial charge in [0.05, 0.1) is 47.7 Å². The third-order valence-electron chi connectivity index (χ3n) is 7.17. The van der Waals surface area contributed by atoms with Gasteiger partial charge in [-0.1, -0.05) is 42.5 Å². The SMILES string of the molecule is CCS(=O)(=O)c1ccc([C@H](CO)NC(=O)c2cnc(N3CCN(Cc4ccc(C(F)(F)F)cc4)CC3COC(F)(F)F)s2)cc1. The molecule has 1 aromatic heterocycles. The molecule has 2 aromatic carbocycles. The number of alkyl halides is 6. The zero-order valence-corrected chi connectivity index (χ0v) is 25.4. The van der Waals surface area contributed by atoms with Crippen LogP contribution < -0.4 is 10.2 Å². The highest BCUT2D eigenvalue weighted by atomic mass is 32.2. The van der Waals surface area contributed by atoms with E-state index >= 15 is 0 Å². The maximum absolute atomic E-state index is 13.0. The van der Waals surface area contributed by atoms with Gasteiger partial charge in [0.25, 0.3) is 5.91 Å². The Hall–Kier alpha value is -3.25. The van der Waals surface area contributed by atoms with Gasteiger partial charge in [0, 0.05) is 26.2 Å². The summed E-state index contributed by atoms with van der Waals surface area (Å²) in [6.45, 7) is 1.11. The molecule has 2 atom stereocenters. The minimum atomic E-state index is -4.90. The van der Waals surface area contributed by atoms with Crippen molar-refractivity contribution in [1.82, 2.24) is 15.2 Å². The van der Waals surface area contributed by atoms with Crippen LogP contribution in [0, 0.1) is 0 Å². The molecule has 45 heavy (non-hydrogen) atoms. The van der Waals surface area contributed by atoms with E-state index in [1.165, 1.54) is 49.5 Å². The summed E-state index contributed by atoms with van der Waals surface area (Å²) in [5.74, 6) is -0.690. The van der Waals surface area contributed by atoms with Gasteiger partial charge in [-0.05, 0) is 35.4 Å². The standard InChI is InChI=1S/C28H30F6N4O5S2/c1-2-45(41,42)22-9-5-19(6-10-22)23(16-39)36-25(40)24-13-35-26(44-24)38-12-11-37(15-21(38)17-43-28(32,33)34)14-18-3-7-20(8-4-18)27(29,30)31/h3-10,13,21,23,39H,2,11-12,14-17H2,1H3,(H,36,40)/t21?,23-/m0/s1. The molecular weight excluding hydrogens is 650 g/mol. The number of thiazole rings is 1. The Kier molecular flexibility index (Phi) is 10.8. The highest BCUT2D eigenvalue weighted by molar-refractivity contribution is 7.91. The number of hydrogen-bond donors (Lipinski definition) is 2. The maximum atomic E-state index is 13.0. The second-order valence-corrected chi connectivity index (χ2v) is 13.5. The summed E-state index contributed by atoms with van der Waals surface area (Å²) in [6, 6.07) is 8.56. The normalized spacial score (nSPS) is 17.3. The molecule has 1 saturated heterocycles. The van der Waals surface area contributed by atoms with E-state index in [1.54, 1.807) is 9.80 Å². The number of aliphatic hydroxyl groups is 1. The van der Waals surface area contributed by atoms with Crippen molar-refractivity contribution in [3.8, 4) is 0 Å². The first kappa shape index (κ1) is 34.6. The number of carbonyl (C=O) groups is 1. The lowest BCUT2D eigenvalue weighted by Crippen LogP contribution is -2.55. The van der Waals surface area contributed by atoms with Crippen molar-refractivity contribution >= 4 is 32.2 Å². The van der Waals surface area contributed by atoms with Gasteiger partial charge in [0.15, 0.2) is 15.0 Å². The number of aromatic nitrogens is 1. The third kappa shape index (κ3) is 9.16. The molecule has 0 radical (unpaired) electrons. The summed E-state index contributed by atoms with van der Waals surface area (Å²) in [6.07, 6.45) is -8.12. The molecule has 4 rings (SSSR count). The van der Waals surface area contributed by atoms with E-state index in [1.807, 2.05) is 0 Å². The number of hydrogen-bond acceptors (Lipinski definition) is 9. The molecule has 1 amide bonds. The molecule has 246 valence electrons. The molecule has 17 heteroatoms. The Morgan fingerprint density at radius 2 is 1.76 bits per heavy atom. The molecule has 0 saturated carbocycles. The zero-order valence-electron chi connectivity index (χ0n) is 23.8. The van der Waals surface area contributed by atoms with E-state index in [0.29, 0.717) is 17.7 Å². The van der Waals surface area contributed by atoms with E-state index in [-0.39, 0.29) is 40.3 Å². The average molecular weight is 681 g/mol. The minimum absolute atomic E-state index is 0.0779. The number of nitrogens with zero attached hydrogens (tertiary/aromatic N) is 3. The zero-order chi connectivity index (χ0) is 33.0. The molecule has 0 bridgehead atoms. The molecule has 9 nitrogen and oxygen atoms in total. The fourth-order valence-electron chi connectivity index (χ4n) is 4.75. The lowest BCUT2D eigenvalue weighted by atomic mass is 10.1. The van der Waals surface area contributed by atoms with Crippen molar-refractivity contribution in [3.63, 3.8) is 0 Å². The molecule has 3 aromatic rings. The van der Waals surface area contributed by atoms with Gasteiger partial charge in [-0.2, -0.15) is 13.2 Å². The summed E-state index contributed by atoms with van der Waals surface area (Å²) in [5, 5.41) is 12.8. The summed E-state index contributed by atoms with van der Waals surface area (Å²) >= 11 is 0.930. The number of nitrogens with one attached hydrogen (secondary N) is 1. The quantitative estimate of drug-likeness (QED) is 0.282. The first-order valence-corrected chi connectivity index (χ1v) is 16.1. The van der Waals surface area contributed by atoms with E-state index in [0.717, 1.165) is 23.5 Å². The van der Waals surface area contributed by atoms with Gasteiger partial charge in [0.1, 0.15) is 4.88 Å². The molecule has 0 spiro atoms. The predicted molar refractivity (Wildman–Crippen MR) is 153 cm³/mol. The van der Waals surface area contributed by atoms with Gasteiger partial charge < -0.3 is 15.3 Å². The average Bonchev–Trinajstić information content (AvgIpc) is 3.49. The Bertz CT molecular complexity index is 1550. The van der Waals surface area contributed by atoms with Crippen LogP contribution in [0.15, 0.2) is 59.6 Å². The first-order chi connectivity index (χ1) is 21.1. The number of anilines is 1. The van der Waals surface area contributed by atoms with Crippen LogP contribution >= 0.6 is 11.3 Å². The lowest BCUT2D eigenvalue weighted by molar-refractivity contribution is -0.326. The monoisotopic (exact) mass is 680 g/mol. The van der Waals surface area contributed by atoms with Crippen LogP contribution in [-0.4, -0.2) is 80.3 Å². The number of carbonyl (C=O) groups excluding carboxylic acids is 1. The molecule has 1 fully saturated rings. The number of ether oxygens (including phenoxy) is 1. The van der Waals surface area contributed by atoms with Crippen molar-refractivity contribution in [2.24, 2.45) is 0 Å². The van der Waals surface area contributed by atoms with Crippen molar-refractivity contribution < 1.29 is 49.4 Å². The van der Waals surface area contributed by atoms with Crippen LogP contribution in [-0.2, 0) is 27.3 Å². The number of aliphatic hydroxyl groups excluding tert-OH is 1. The van der Waals surface area contributed by atoms with E-state index < -0.39 is 59.1 Å². The Labute approximate surface area is 259 Å². The fraction of sp³-hybridized carbons (Fsp3) is 0.429. The lowest BCUT2D eigenvalue weighted by Gasteiger charge is -2.41. The Balaban J connectivity index is 1.45. The van der Waals surface area contributed by atoms with Crippen LogP contribution in [0.2, 0.25) is 0 Å². The number of benzene rings is 2. The molecule has 1 aliphatic rings. The molecule has 1 unspecified atom stereocenters. The van der Waals surface area contributed by atoms with Crippen LogP contribution in [0.5, 0.6) is 0 Å². The Morgan fingerprint density at radius 3 is 2.33 bits per heavy atom. The topological polar surface area (TPSA) is 112 Å². The largest absolute Gasteiger partial charge is 0.522 e. The van der Waals surface area contributed by atoms with E-state index in [9.17, 15) is 44.7 Å². The highest BCUT2D eigenvalue weighted by Crippen LogP contribution is 2.31. The van der Waals surface area contributed by atoms with Gasteiger partial charge >= 0.3 is 12.5 Å². The van der Waals surface area contributed by atoms with Crippen LogP contribution in [0.1, 0.15) is 39.3 Å². The molecule has 1 aliphatic heterocycles. The first-order valence-electron chi connectivity index (χ1n) is 13.7. The minimum Gasteiger partial charge on any atom is -0.394 e. The molecule has 0 aliphatic carbocycles. The van der Waals surface area contributed by atoms with Crippen LogP contribution in [0.25, 0.3) is 0 Å². The van der Waals surface area contributed by atoms with Crippen molar-refractivity contribution in [2.75, 3.05) is 43.5 Å². The summed E-state index contributed by atoms with van der Waals surface area (Å²) in [7, 11) is -3.44. The van der Waals surface area contributed by atoms with Crippen molar-refractivity contribution in [1.29, 1.82) is 0 Å². The molecular formula is C28H30F6N4O5S2. The smallest absolute Gasteiger partial charge is 0.394 e. The predicted octanol–water partition coefficient (Wildman–Crippen LogP) is 4.65. The van der Waals surface area contributed by atoms with Gasteiger partial charge in [-0.15, -0.1) is 13.2 Å². The van der Waals surface area contributed by atoms with Crippen LogP contribution in [0.3, 0.4) is 0 Å². The number of sulfone groups is 1. The van der Waals surface area contributed by atoms with E-state index in [4.69, 9.17) is 0 Å². The van der Waals surface area contributed by atoms with Crippen LogP contribution in [0.4, 0.5) is 31.5 Å². The van der Waals surface area contributed by atoms with Crippen molar-refractivity contribution in [3.05, 3.63) is 76.3 Å². The number of piperazine rings is 1. The molecule has 2 N–H and O–H groups in total. The maximum Gasteiger partial charge on any atom is 0.522 e. The number of amides is 1. The summed E-state index contributed by atoms with van der Waals surface area (Å²) in [5.41, 5.74) is 0.209. The second-order valence-electron chi connectivity index (χ2n) is 10.2.